The van der Waals surface area contributed by atoms with Crippen LogP contribution in [-0.2, 0) is 11.2 Å². The second-order valence-corrected chi connectivity index (χ2v) is 6.30. The van der Waals surface area contributed by atoms with Crippen molar-refractivity contribution in [2.24, 2.45) is 0 Å². The molecule has 24 heavy (non-hydrogen) atoms. The molecule has 1 heterocycles. The number of rotatable bonds is 4. The minimum absolute atomic E-state index is 0.0691. The van der Waals surface area contributed by atoms with Crippen LogP contribution in [0.15, 0.2) is 42.5 Å². The van der Waals surface area contributed by atoms with Crippen LogP contribution in [0, 0.1) is 19.7 Å². The van der Waals surface area contributed by atoms with Crippen molar-refractivity contribution in [2.75, 3.05) is 0 Å². The summed E-state index contributed by atoms with van der Waals surface area (Å²) in [7, 11) is 0. The molecule has 0 saturated heterocycles. The number of benzene rings is 2. The number of aromatic amines is 1. The number of nitrogens with one attached hydrogen (secondary N) is 2. The molecule has 1 aromatic heterocycles. The summed E-state index contributed by atoms with van der Waals surface area (Å²) in [6.45, 7) is 5.90. The fraction of sp³-hybridized carbons (Fsp3) is 0.250. The first-order chi connectivity index (χ1) is 11.4. The first-order valence-corrected chi connectivity index (χ1v) is 8.06. The normalized spacial score (nSPS) is 12.3. The summed E-state index contributed by atoms with van der Waals surface area (Å²) < 4.78 is 13.5. The van der Waals surface area contributed by atoms with Crippen LogP contribution in [0.4, 0.5) is 4.39 Å². The molecule has 2 aromatic carbocycles. The van der Waals surface area contributed by atoms with Gasteiger partial charge in [0.25, 0.3) is 0 Å². The zero-order chi connectivity index (χ0) is 17.3. The molecule has 0 aliphatic rings. The van der Waals surface area contributed by atoms with E-state index in [9.17, 15) is 9.18 Å². The maximum absolute atomic E-state index is 13.5. The molecule has 1 amide bonds. The van der Waals surface area contributed by atoms with E-state index in [0.29, 0.717) is 0 Å². The highest BCUT2D eigenvalue weighted by molar-refractivity contribution is 5.90. The van der Waals surface area contributed by atoms with E-state index in [1.165, 1.54) is 17.7 Å². The largest absolute Gasteiger partial charge is 0.358 e. The maximum Gasteiger partial charge on any atom is 0.224 e. The second-order valence-electron chi connectivity index (χ2n) is 6.30. The Morgan fingerprint density at radius 3 is 2.58 bits per heavy atom. The Kier molecular flexibility index (Phi) is 4.38. The lowest BCUT2D eigenvalue weighted by Crippen LogP contribution is -2.28. The van der Waals surface area contributed by atoms with Gasteiger partial charge in [0.2, 0.25) is 5.91 Å². The summed E-state index contributed by atoms with van der Waals surface area (Å²) in [4.78, 5) is 15.6. The Morgan fingerprint density at radius 1 is 1.17 bits per heavy atom. The Labute approximate surface area is 140 Å². The monoisotopic (exact) mass is 324 g/mol. The molecule has 0 bridgehead atoms. The third-order valence-corrected chi connectivity index (χ3v) is 4.37. The van der Waals surface area contributed by atoms with Crippen LogP contribution in [0.5, 0.6) is 0 Å². The van der Waals surface area contributed by atoms with Gasteiger partial charge in [-0.1, -0.05) is 29.8 Å². The quantitative estimate of drug-likeness (QED) is 0.736. The van der Waals surface area contributed by atoms with E-state index in [-0.39, 0.29) is 24.2 Å². The Morgan fingerprint density at radius 2 is 1.88 bits per heavy atom. The molecule has 2 N–H and O–H groups in total. The van der Waals surface area contributed by atoms with Crippen LogP contribution in [0.2, 0.25) is 0 Å². The molecular formula is C20H21FN2O. The number of hydrogen-bond donors (Lipinski definition) is 2. The molecule has 3 rings (SSSR count). The van der Waals surface area contributed by atoms with Crippen LogP contribution in [0.3, 0.4) is 0 Å². The van der Waals surface area contributed by atoms with E-state index < -0.39 is 0 Å². The standard InChI is InChI=1S/C20H21FN2O/c1-12-4-6-15(7-5-12)13(2)23-20(24)11-17-14(3)22-19-9-8-16(21)10-18(17)19/h4-10,13,22H,11H2,1-3H3,(H,23,24). The minimum atomic E-state index is -0.295. The van der Waals surface area contributed by atoms with Crippen LogP contribution in [0.1, 0.15) is 35.3 Å². The third-order valence-electron chi connectivity index (χ3n) is 4.37. The van der Waals surface area contributed by atoms with Crippen LogP contribution >= 0.6 is 0 Å². The predicted octanol–water partition coefficient (Wildman–Crippen LogP) is 4.34. The van der Waals surface area contributed by atoms with Crippen molar-refractivity contribution < 1.29 is 9.18 Å². The van der Waals surface area contributed by atoms with Gasteiger partial charge in [0.1, 0.15) is 5.82 Å². The van der Waals surface area contributed by atoms with Crippen molar-refractivity contribution in [1.82, 2.24) is 10.3 Å². The third kappa shape index (κ3) is 3.32. The van der Waals surface area contributed by atoms with Gasteiger partial charge in [-0.3, -0.25) is 4.79 Å². The van der Waals surface area contributed by atoms with E-state index in [4.69, 9.17) is 0 Å². The average Bonchev–Trinajstić information content (AvgIpc) is 2.83. The van der Waals surface area contributed by atoms with Gasteiger partial charge in [0.05, 0.1) is 12.5 Å². The fourth-order valence-electron chi connectivity index (χ4n) is 2.97. The van der Waals surface area contributed by atoms with Gasteiger partial charge in [0.15, 0.2) is 0 Å². The van der Waals surface area contributed by atoms with E-state index in [1.807, 2.05) is 45.0 Å². The van der Waals surface area contributed by atoms with E-state index in [2.05, 4.69) is 10.3 Å². The summed E-state index contributed by atoms with van der Waals surface area (Å²) in [5.41, 5.74) is 4.85. The number of aromatic nitrogens is 1. The SMILES string of the molecule is Cc1ccc(C(C)NC(=O)Cc2c(C)[nH]c3ccc(F)cc23)cc1. The maximum atomic E-state index is 13.5. The fourth-order valence-corrected chi connectivity index (χ4v) is 2.97. The van der Waals surface area contributed by atoms with E-state index in [0.717, 1.165) is 27.7 Å². The highest BCUT2D eigenvalue weighted by Crippen LogP contribution is 2.24. The van der Waals surface area contributed by atoms with Crippen molar-refractivity contribution in [3.8, 4) is 0 Å². The molecule has 3 nitrogen and oxygen atoms in total. The number of carbonyl (C=O) groups excluding carboxylic acids is 1. The number of amides is 1. The number of aryl methyl sites for hydroxylation is 2. The molecule has 0 spiro atoms. The second kappa shape index (κ2) is 6.48. The van der Waals surface area contributed by atoms with Crippen molar-refractivity contribution in [3.63, 3.8) is 0 Å². The summed E-state index contributed by atoms with van der Waals surface area (Å²) >= 11 is 0. The van der Waals surface area contributed by atoms with Crippen molar-refractivity contribution in [2.45, 2.75) is 33.2 Å². The number of carbonyl (C=O) groups is 1. The number of H-pyrrole nitrogens is 1. The predicted molar refractivity (Wildman–Crippen MR) is 94.4 cm³/mol. The molecule has 3 aromatic rings. The first kappa shape index (κ1) is 16.2. The summed E-state index contributed by atoms with van der Waals surface area (Å²) in [5, 5.41) is 3.78. The molecule has 0 radical (unpaired) electrons. The Balaban J connectivity index is 1.76. The number of fused-ring (bicyclic) bond motifs is 1. The summed E-state index contributed by atoms with van der Waals surface area (Å²) in [6, 6.07) is 12.6. The smallest absolute Gasteiger partial charge is 0.224 e. The van der Waals surface area contributed by atoms with Crippen molar-refractivity contribution in [3.05, 3.63) is 70.7 Å². The van der Waals surface area contributed by atoms with Gasteiger partial charge >= 0.3 is 0 Å². The molecule has 0 aliphatic carbocycles. The molecule has 0 aliphatic heterocycles. The highest BCUT2D eigenvalue weighted by Gasteiger charge is 2.15. The molecule has 0 saturated carbocycles. The highest BCUT2D eigenvalue weighted by atomic mass is 19.1. The van der Waals surface area contributed by atoms with Crippen molar-refractivity contribution in [1.29, 1.82) is 0 Å². The van der Waals surface area contributed by atoms with Gasteiger partial charge in [-0.15, -0.1) is 0 Å². The van der Waals surface area contributed by atoms with Gasteiger partial charge < -0.3 is 10.3 Å². The lowest BCUT2D eigenvalue weighted by molar-refractivity contribution is -0.121. The number of halogens is 1. The van der Waals surface area contributed by atoms with Gasteiger partial charge in [0, 0.05) is 16.6 Å². The van der Waals surface area contributed by atoms with Crippen molar-refractivity contribution >= 4 is 16.8 Å². The lowest BCUT2D eigenvalue weighted by Gasteiger charge is -2.14. The van der Waals surface area contributed by atoms with Crippen LogP contribution in [-0.4, -0.2) is 10.9 Å². The Hall–Kier alpha value is -2.62. The van der Waals surface area contributed by atoms with Gasteiger partial charge in [-0.25, -0.2) is 4.39 Å². The van der Waals surface area contributed by atoms with Gasteiger partial charge in [-0.05, 0) is 50.1 Å². The zero-order valence-electron chi connectivity index (χ0n) is 14.1. The zero-order valence-corrected chi connectivity index (χ0v) is 14.1. The molecular weight excluding hydrogens is 303 g/mol. The molecule has 4 heteroatoms. The molecule has 1 atom stereocenters. The van der Waals surface area contributed by atoms with Crippen LogP contribution < -0.4 is 5.32 Å². The van der Waals surface area contributed by atoms with Gasteiger partial charge in [-0.2, -0.15) is 0 Å². The molecule has 0 fully saturated rings. The first-order valence-electron chi connectivity index (χ1n) is 8.06. The van der Waals surface area contributed by atoms with E-state index >= 15 is 0 Å². The summed E-state index contributed by atoms with van der Waals surface area (Å²) in [6.07, 6.45) is 0.228. The topological polar surface area (TPSA) is 44.9 Å². The van der Waals surface area contributed by atoms with E-state index in [1.54, 1.807) is 6.07 Å². The summed E-state index contributed by atoms with van der Waals surface area (Å²) in [5.74, 6) is -0.368. The average molecular weight is 324 g/mol. The Bertz CT molecular complexity index is 881. The van der Waals surface area contributed by atoms with Crippen LogP contribution in [0.25, 0.3) is 10.9 Å². The number of hydrogen-bond acceptors (Lipinski definition) is 1. The lowest BCUT2D eigenvalue weighted by atomic mass is 10.0. The molecule has 124 valence electrons. The molecule has 1 unspecified atom stereocenters. The minimum Gasteiger partial charge on any atom is -0.358 e.